The standard InChI is InChI=1S/C31H42N4O4/c1-10-19(2)26(34-30(38)39-31(7,8)9)29(37)35(18-17-32)27(24-16-12-13-20(3)23(24)6)28(36)33-25-21(4)14-11-15-22(25)5/h11-16,19,26-27H,10,18H2,1-9H3,(H,33,36)(H,34,38). The van der Waals surface area contributed by atoms with Gasteiger partial charge in [0.25, 0.3) is 5.91 Å². The Bertz CT molecular complexity index is 1220. The maximum absolute atomic E-state index is 14.2. The first-order chi connectivity index (χ1) is 18.2. The van der Waals surface area contributed by atoms with E-state index in [1.54, 1.807) is 26.8 Å². The summed E-state index contributed by atoms with van der Waals surface area (Å²) in [6.45, 7) is 16.2. The first kappa shape index (κ1) is 31.4. The van der Waals surface area contributed by atoms with E-state index in [1.165, 1.54) is 4.90 Å². The largest absolute Gasteiger partial charge is 0.444 e. The zero-order chi connectivity index (χ0) is 29.5. The molecule has 8 nitrogen and oxygen atoms in total. The molecular formula is C31H42N4O4. The van der Waals surface area contributed by atoms with E-state index in [1.807, 2.05) is 71.9 Å². The van der Waals surface area contributed by atoms with Gasteiger partial charge in [0.05, 0.1) is 6.07 Å². The summed E-state index contributed by atoms with van der Waals surface area (Å²) in [5.41, 5.74) is 4.07. The number of anilines is 1. The third-order valence-corrected chi connectivity index (χ3v) is 6.91. The van der Waals surface area contributed by atoms with Crippen molar-refractivity contribution < 1.29 is 19.1 Å². The lowest BCUT2D eigenvalue weighted by molar-refractivity contribution is -0.141. The number of carbonyl (C=O) groups is 3. The molecule has 0 saturated carbocycles. The summed E-state index contributed by atoms with van der Waals surface area (Å²) >= 11 is 0. The van der Waals surface area contributed by atoms with Crippen molar-refractivity contribution in [1.82, 2.24) is 10.2 Å². The predicted molar refractivity (Wildman–Crippen MR) is 153 cm³/mol. The van der Waals surface area contributed by atoms with E-state index in [4.69, 9.17) is 4.74 Å². The zero-order valence-electron chi connectivity index (χ0n) is 24.6. The van der Waals surface area contributed by atoms with Crippen molar-refractivity contribution in [1.29, 1.82) is 5.26 Å². The minimum absolute atomic E-state index is 0.285. The van der Waals surface area contributed by atoms with Crippen LogP contribution >= 0.6 is 0 Å². The summed E-state index contributed by atoms with van der Waals surface area (Å²) in [6.07, 6.45) is -0.156. The van der Waals surface area contributed by atoms with Gasteiger partial charge in [0.2, 0.25) is 5.91 Å². The molecule has 8 heteroatoms. The molecule has 0 aromatic heterocycles. The van der Waals surface area contributed by atoms with Crippen LogP contribution in [0.5, 0.6) is 0 Å². The minimum atomic E-state index is -1.11. The van der Waals surface area contributed by atoms with Gasteiger partial charge in [-0.05, 0) is 82.2 Å². The van der Waals surface area contributed by atoms with E-state index in [2.05, 4.69) is 16.7 Å². The molecular weight excluding hydrogens is 492 g/mol. The molecule has 210 valence electrons. The molecule has 3 atom stereocenters. The van der Waals surface area contributed by atoms with Crippen LogP contribution in [0.4, 0.5) is 10.5 Å². The van der Waals surface area contributed by atoms with E-state index in [0.29, 0.717) is 17.7 Å². The highest BCUT2D eigenvalue weighted by molar-refractivity contribution is 6.00. The quantitative estimate of drug-likeness (QED) is 0.390. The molecule has 0 saturated heterocycles. The highest BCUT2D eigenvalue weighted by Gasteiger charge is 2.39. The van der Waals surface area contributed by atoms with Gasteiger partial charge in [0, 0.05) is 5.69 Å². The molecule has 0 spiro atoms. The van der Waals surface area contributed by atoms with Gasteiger partial charge in [-0.25, -0.2) is 4.79 Å². The van der Waals surface area contributed by atoms with Crippen molar-refractivity contribution in [3.8, 4) is 6.07 Å². The lowest BCUT2D eigenvalue weighted by Crippen LogP contribution is -2.55. The van der Waals surface area contributed by atoms with Gasteiger partial charge in [-0.1, -0.05) is 56.7 Å². The molecule has 0 fully saturated rings. The fraction of sp³-hybridized carbons (Fsp3) is 0.484. The smallest absolute Gasteiger partial charge is 0.408 e. The molecule has 2 aromatic rings. The summed E-state index contributed by atoms with van der Waals surface area (Å²) in [4.78, 5) is 42.2. The van der Waals surface area contributed by atoms with Crippen molar-refractivity contribution in [3.63, 3.8) is 0 Å². The van der Waals surface area contributed by atoms with Gasteiger partial charge in [0.15, 0.2) is 0 Å². The molecule has 39 heavy (non-hydrogen) atoms. The number of rotatable bonds is 9. The molecule has 0 aliphatic carbocycles. The third-order valence-electron chi connectivity index (χ3n) is 6.91. The van der Waals surface area contributed by atoms with E-state index in [-0.39, 0.29) is 12.5 Å². The average Bonchev–Trinajstić information content (AvgIpc) is 2.85. The minimum Gasteiger partial charge on any atom is -0.444 e. The lowest BCUT2D eigenvalue weighted by Gasteiger charge is -2.35. The maximum atomic E-state index is 14.2. The highest BCUT2D eigenvalue weighted by Crippen LogP contribution is 2.30. The normalized spacial score (nSPS) is 13.4. The molecule has 0 aliphatic rings. The van der Waals surface area contributed by atoms with Crippen LogP contribution in [0.15, 0.2) is 36.4 Å². The molecule has 2 rings (SSSR count). The second-order valence-electron chi connectivity index (χ2n) is 11.1. The van der Waals surface area contributed by atoms with Crippen LogP contribution in [0.1, 0.15) is 74.9 Å². The number of nitrogens with zero attached hydrogens (tertiary/aromatic N) is 2. The second kappa shape index (κ2) is 13.3. The number of alkyl carbamates (subject to hydrolysis) is 1. The summed E-state index contributed by atoms with van der Waals surface area (Å²) in [6, 6.07) is 11.2. The van der Waals surface area contributed by atoms with Gasteiger partial charge < -0.3 is 20.3 Å². The summed E-state index contributed by atoms with van der Waals surface area (Å²) in [5, 5.41) is 15.5. The molecule has 0 aliphatic heterocycles. The number of hydrogen-bond acceptors (Lipinski definition) is 5. The van der Waals surface area contributed by atoms with Crippen molar-refractivity contribution in [2.45, 2.75) is 86.4 Å². The monoisotopic (exact) mass is 534 g/mol. The fourth-order valence-electron chi connectivity index (χ4n) is 4.39. The van der Waals surface area contributed by atoms with Crippen molar-refractivity contribution in [2.75, 3.05) is 11.9 Å². The molecule has 0 radical (unpaired) electrons. The highest BCUT2D eigenvalue weighted by atomic mass is 16.6. The Morgan fingerprint density at radius 1 is 1.00 bits per heavy atom. The number of aryl methyl sites for hydroxylation is 3. The SMILES string of the molecule is CCC(C)C(NC(=O)OC(C)(C)C)C(=O)N(CC#N)C(C(=O)Nc1c(C)cccc1C)c1cccc(C)c1C. The number of benzene rings is 2. The second-order valence-corrected chi connectivity index (χ2v) is 11.1. The van der Waals surface area contributed by atoms with Gasteiger partial charge in [-0.2, -0.15) is 5.26 Å². The third kappa shape index (κ3) is 8.06. The van der Waals surface area contributed by atoms with Gasteiger partial charge in [-0.15, -0.1) is 0 Å². The van der Waals surface area contributed by atoms with Crippen LogP contribution < -0.4 is 10.6 Å². The Morgan fingerprint density at radius 2 is 1.56 bits per heavy atom. The Labute approximate surface area is 232 Å². The van der Waals surface area contributed by atoms with E-state index < -0.39 is 35.6 Å². The Hall–Kier alpha value is -3.86. The average molecular weight is 535 g/mol. The molecule has 2 aromatic carbocycles. The van der Waals surface area contributed by atoms with Gasteiger partial charge in [0.1, 0.15) is 24.2 Å². The zero-order valence-corrected chi connectivity index (χ0v) is 24.6. The van der Waals surface area contributed by atoms with E-state index in [9.17, 15) is 19.6 Å². The number of carbonyl (C=O) groups excluding carboxylic acids is 3. The van der Waals surface area contributed by atoms with Crippen molar-refractivity contribution in [2.24, 2.45) is 5.92 Å². The van der Waals surface area contributed by atoms with Gasteiger partial charge in [-0.3, -0.25) is 9.59 Å². The summed E-state index contributed by atoms with van der Waals surface area (Å²) in [5.74, 6) is -1.25. The predicted octanol–water partition coefficient (Wildman–Crippen LogP) is 5.89. The molecule has 3 amide bonds. The van der Waals surface area contributed by atoms with Crippen LogP contribution in [0.25, 0.3) is 0 Å². The summed E-state index contributed by atoms with van der Waals surface area (Å²) in [7, 11) is 0. The Morgan fingerprint density at radius 3 is 2.10 bits per heavy atom. The van der Waals surface area contributed by atoms with Crippen LogP contribution in [0.2, 0.25) is 0 Å². The molecule has 3 unspecified atom stereocenters. The van der Waals surface area contributed by atoms with Crippen molar-refractivity contribution in [3.05, 3.63) is 64.2 Å². The first-order valence-electron chi connectivity index (χ1n) is 13.3. The number of para-hydroxylation sites is 1. The van der Waals surface area contributed by atoms with Crippen LogP contribution in [-0.2, 0) is 14.3 Å². The van der Waals surface area contributed by atoms with Crippen LogP contribution in [0.3, 0.4) is 0 Å². The van der Waals surface area contributed by atoms with E-state index in [0.717, 1.165) is 22.3 Å². The van der Waals surface area contributed by atoms with Gasteiger partial charge >= 0.3 is 6.09 Å². The molecule has 0 heterocycles. The van der Waals surface area contributed by atoms with Crippen molar-refractivity contribution >= 4 is 23.6 Å². The Balaban J connectivity index is 2.63. The molecule has 0 bridgehead atoms. The lowest BCUT2D eigenvalue weighted by atomic mass is 9.93. The van der Waals surface area contributed by atoms with Crippen LogP contribution in [-0.4, -0.2) is 41.0 Å². The summed E-state index contributed by atoms with van der Waals surface area (Å²) < 4.78 is 5.42. The number of amides is 3. The van der Waals surface area contributed by atoms with Crippen LogP contribution in [0, 0.1) is 44.9 Å². The number of hydrogen-bond donors (Lipinski definition) is 2. The van der Waals surface area contributed by atoms with E-state index >= 15 is 0 Å². The number of nitriles is 1. The topological polar surface area (TPSA) is 112 Å². The maximum Gasteiger partial charge on any atom is 0.408 e. The number of ether oxygens (including phenoxy) is 1. The fourth-order valence-corrected chi connectivity index (χ4v) is 4.39. The number of nitrogens with one attached hydrogen (secondary N) is 2. The molecule has 2 N–H and O–H groups in total. The first-order valence-corrected chi connectivity index (χ1v) is 13.3. The Kier molecular flexibility index (Phi) is 10.7.